The minimum absolute atomic E-state index is 0.608. The zero-order valence-corrected chi connectivity index (χ0v) is 17.4. The van der Waals surface area contributed by atoms with Crippen LogP contribution in [0, 0.1) is 0 Å². The number of carbonyl (C=O) groups is 3. The molecule has 2 aliphatic heterocycles. The number of ether oxygens (including phenoxy) is 3. The largest absolute Gasteiger partial charge is 0.480 e. The van der Waals surface area contributed by atoms with Crippen LogP contribution in [0.4, 0.5) is 0 Å². The van der Waals surface area contributed by atoms with Gasteiger partial charge >= 0.3 is 5.97 Å². The highest BCUT2D eigenvalue weighted by Crippen LogP contribution is 2.24. The van der Waals surface area contributed by atoms with Gasteiger partial charge in [-0.05, 0) is 0 Å². The molecule has 2 aliphatic rings. The predicted molar refractivity (Wildman–Crippen MR) is 102 cm³/mol. The second-order valence-corrected chi connectivity index (χ2v) is 7.72. The fourth-order valence-corrected chi connectivity index (χ4v) is 3.28. The molecule has 0 aliphatic carbocycles. The van der Waals surface area contributed by atoms with Crippen LogP contribution in [0.2, 0.25) is 0 Å². The van der Waals surface area contributed by atoms with E-state index in [-0.39, 0.29) is 0 Å². The predicted octanol–water partition coefficient (Wildman–Crippen LogP) is -6.37. The van der Waals surface area contributed by atoms with Crippen LogP contribution >= 0.6 is 0 Å². The normalized spacial score (nSPS) is 40.0. The van der Waals surface area contributed by atoms with E-state index in [2.05, 4.69) is 10.6 Å². The third-order valence-electron chi connectivity index (χ3n) is 5.11. The Labute approximate surface area is 186 Å². The Kier molecular flexibility index (Phi) is 9.44. The maximum Gasteiger partial charge on any atom is 0.321 e. The molecule has 190 valence electrons. The molecular formula is C17H29N3O13. The summed E-state index contributed by atoms with van der Waals surface area (Å²) in [5, 5.41) is 72.9. The molecule has 2 saturated heterocycles. The van der Waals surface area contributed by atoms with Crippen molar-refractivity contribution < 1.29 is 64.3 Å². The van der Waals surface area contributed by atoms with E-state index in [9.17, 15) is 45.0 Å². The number of carbonyl (C=O) groups excluding carboxylic acids is 2. The third-order valence-corrected chi connectivity index (χ3v) is 5.11. The number of aliphatic carboxylic acids is 1. The van der Waals surface area contributed by atoms with E-state index in [1.807, 2.05) is 0 Å². The van der Waals surface area contributed by atoms with Crippen LogP contribution in [0.15, 0.2) is 0 Å². The van der Waals surface area contributed by atoms with Crippen LogP contribution in [-0.2, 0) is 28.6 Å². The Balaban J connectivity index is 2.09. The Morgan fingerprint density at radius 1 is 0.939 bits per heavy atom. The van der Waals surface area contributed by atoms with Gasteiger partial charge in [-0.2, -0.15) is 0 Å². The Hall–Kier alpha value is -1.99. The maximum absolute atomic E-state index is 12.1. The highest BCUT2D eigenvalue weighted by atomic mass is 16.7. The molecule has 33 heavy (non-hydrogen) atoms. The lowest BCUT2D eigenvalue weighted by molar-refractivity contribution is -0.346. The summed E-state index contributed by atoms with van der Waals surface area (Å²) in [5.41, 5.74) is 5.31. The van der Waals surface area contributed by atoms with Crippen molar-refractivity contribution in [3.05, 3.63) is 0 Å². The molecule has 2 fully saturated rings. The smallest absolute Gasteiger partial charge is 0.321 e. The standard InChI is InChI=1S/C17H29N3O13/c1-4(21)19-8-10(24)9(23)6(32-14(8)20-7(22)2-5(18)15(28)29)3-31-17-13(27)11(25)12(26)16(30)33-17/h5-6,8-14,16-17,23-27,30H,2-3,18H2,1H3,(H,19,21)(H,20,22)(H,28,29)/t5?,6?,8-,9-,10?,11?,12-,13+,14?,16?,17-/m1/s1. The number of aliphatic hydroxyl groups excluding tert-OH is 6. The van der Waals surface area contributed by atoms with Gasteiger partial charge in [0, 0.05) is 6.92 Å². The van der Waals surface area contributed by atoms with Crippen LogP contribution in [-0.4, -0.2) is 128 Å². The fraction of sp³-hybridized carbons (Fsp3) is 0.824. The molecule has 0 radical (unpaired) electrons. The number of amides is 2. The summed E-state index contributed by atoms with van der Waals surface area (Å²) >= 11 is 0. The van der Waals surface area contributed by atoms with Crippen molar-refractivity contribution in [1.82, 2.24) is 10.6 Å². The van der Waals surface area contributed by atoms with Crippen LogP contribution in [0.5, 0.6) is 0 Å². The Bertz CT molecular complexity index is 712. The molecule has 11 N–H and O–H groups in total. The highest BCUT2D eigenvalue weighted by Gasteiger charge is 2.48. The second kappa shape index (κ2) is 11.4. The molecule has 2 rings (SSSR count). The third kappa shape index (κ3) is 6.76. The molecule has 2 amide bonds. The minimum atomic E-state index is -1.88. The van der Waals surface area contributed by atoms with Crippen LogP contribution in [0.25, 0.3) is 0 Å². The molecule has 16 nitrogen and oxygen atoms in total. The van der Waals surface area contributed by atoms with Crippen molar-refractivity contribution in [2.45, 2.75) is 80.9 Å². The van der Waals surface area contributed by atoms with E-state index in [0.717, 1.165) is 6.92 Å². The first-order valence-electron chi connectivity index (χ1n) is 9.89. The highest BCUT2D eigenvalue weighted by molar-refractivity contribution is 5.84. The molecule has 0 saturated carbocycles. The summed E-state index contributed by atoms with van der Waals surface area (Å²) in [6, 6.07) is -2.87. The first-order valence-corrected chi connectivity index (χ1v) is 9.89. The Morgan fingerprint density at radius 3 is 2.15 bits per heavy atom. The Morgan fingerprint density at radius 2 is 1.58 bits per heavy atom. The molecule has 0 bridgehead atoms. The molecule has 0 spiro atoms. The van der Waals surface area contributed by atoms with Gasteiger partial charge in [0.15, 0.2) is 18.8 Å². The van der Waals surface area contributed by atoms with E-state index in [0.29, 0.717) is 0 Å². The van der Waals surface area contributed by atoms with Crippen molar-refractivity contribution >= 4 is 17.8 Å². The molecule has 6 unspecified atom stereocenters. The molecule has 2 heterocycles. The van der Waals surface area contributed by atoms with Gasteiger partial charge < -0.3 is 66.3 Å². The van der Waals surface area contributed by atoms with Crippen molar-refractivity contribution in [2.75, 3.05) is 6.61 Å². The summed E-state index contributed by atoms with van der Waals surface area (Å²) in [6.45, 7) is 0.504. The number of aliphatic hydroxyl groups is 6. The number of carboxylic acids is 1. The molecule has 16 heteroatoms. The van der Waals surface area contributed by atoms with Gasteiger partial charge in [-0.1, -0.05) is 0 Å². The molecule has 0 aromatic rings. The van der Waals surface area contributed by atoms with Crippen molar-refractivity contribution in [3.8, 4) is 0 Å². The van der Waals surface area contributed by atoms with Crippen molar-refractivity contribution in [1.29, 1.82) is 0 Å². The number of carboxylic acid groups (broad SMARTS) is 1. The van der Waals surface area contributed by atoms with E-state index in [1.54, 1.807) is 0 Å². The van der Waals surface area contributed by atoms with Crippen LogP contribution in [0.1, 0.15) is 13.3 Å². The summed E-state index contributed by atoms with van der Waals surface area (Å²) in [5.74, 6) is -2.96. The number of hydrogen-bond donors (Lipinski definition) is 10. The van der Waals surface area contributed by atoms with Crippen LogP contribution < -0.4 is 16.4 Å². The number of nitrogens with two attached hydrogens (primary N) is 1. The average molecular weight is 483 g/mol. The summed E-state index contributed by atoms with van der Waals surface area (Å²) in [6.07, 6.45) is -15.8. The van der Waals surface area contributed by atoms with Gasteiger partial charge in [0.1, 0.15) is 48.7 Å². The van der Waals surface area contributed by atoms with Crippen LogP contribution in [0.3, 0.4) is 0 Å². The maximum atomic E-state index is 12.1. The van der Waals surface area contributed by atoms with Gasteiger partial charge in [-0.3, -0.25) is 14.4 Å². The van der Waals surface area contributed by atoms with Crippen molar-refractivity contribution in [2.24, 2.45) is 5.73 Å². The molecular weight excluding hydrogens is 454 g/mol. The van der Waals surface area contributed by atoms with E-state index in [1.165, 1.54) is 0 Å². The fourth-order valence-electron chi connectivity index (χ4n) is 3.28. The zero-order chi connectivity index (χ0) is 25.0. The minimum Gasteiger partial charge on any atom is -0.480 e. The average Bonchev–Trinajstić information content (AvgIpc) is 2.73. The topological polar surface area (TPSA) is 271 Å². The lowest BCUT2D eigenvalue weighted by Gasteiger charge is -2.44. The molecule has 11 atom stereocenters. The zero-order valence-electron chi connectivity index (χ0n) is 17.4. The second-order valence-electron chi connectivity index (χ2n) is 7.72. The summed E-state index contributed by atoms with van der Waals surface area (Å²) < 4.78 is 15.6. The lowest BCUT2D eigenvalue weighted by Crippen LogP contribution is -2.68. The van der Waals surface area contributed by atoms with Gasteiger partial charge in [0.25, 0.3) is 0 Å². The van der Waals surface area contributed by atoms with Gasteiger partial charge in [-0.15, -0.1) is 0 Å². The van der Waals surface area contributed by atoms with Gasteiger partial charge in [0.2, 0.25) is 11.8 Å². The monoisotopic (exact) mass is 483 g/mol. The first kappa shape index (κ1) is 27.3. The van der Waals surface area contributed by atoms with Gasteiger partial charge in [-0.25, -0.2) is 0 Å². The van der Waals surface area contributed by atoms with Crippen molar-refractivity contribution in [3.63, 3.8) is 0 Å². The summed E-state index contributed by atoms with van der Waals surface area (Å²) in [4.78, 5) is 34.5. The van der Waals surface area contributed by atoms with E-state index in [4.69, 9.17) is 25.1 Å². The first-order chi connectivity index (χ1) is 15.3. The lowest BCUT2D eigenvalue weighted by atomic mass is 9.95. The summed E-state index contributed by atoms with van der Waals surface area (Å²) in [7, 11) is 0. The molecule has 0 aromatic heterocycles. The van der Waals surface area contributed by atoms with Gasteiger partial charge in [0.05, 0.1) is 13.0 Å². The van der Waals surface area contributed by atoms with E-state index < -0.39 is 98.3 Å². The van der Waals surface area contributed by atoms with E-state index >= 15 is 0 Å². The SMILES string of the molecule is CC(=O)N[C@H]1C(NC(=O)CC(N)C(=O)O)OC(CO[C@@H]2OC(O)[C@H](O)C(O)[C@@H]2O)[C@@H](O)C1O. The number of nitrogens with one attached hydrogen (secondary N) is 2. The quantitative estimate of drug-likeness (QED) is 0.154. The number of hydrogen-bond acceptors (Lipinski definition) is 13. The molecule has 0 aromatic carbocycles. The number of rotatable bonds is 8.